The summed E-state index contributed by atoms with van der Waals surface area (Å²) in [6.07, 6.45) is 2.42. The van der Waals surface area contributed by atoms with Gasteiger partial charge in [0.1, 0.15) is 0 Å². The molecule has 5 heteroatoms. The van der Waals surface area contributed by atoms with E-state index in [1.807, 2.05) is 28.8 Å². The minimum Gasteiger partial charge on any atom is -0.316 e. The number of nitrogens with one attached hydrogen (secondary N) is 2. The number of rotatable bonds is 2. The number of piperidine rings is 1. The molecule has 1 saturated heterocycles. The fourth-order valence-corrected chi connectivity index (χ4v) is 2.63. The Morgan fingerprint density at radius 2 is 2.17 bits per heavy atom. The zero-order valence-corrected chi connectivity index (χ0v) is 11.0. The van der Waals surface area contributed by atoms with Gasteiger partial charge in [-0.3, -0.25) is 4.57 Å². The molecule has 2 aromatic rings. The van der Waals surface area contributed by atoms with E-state index in [4.69, 9.17) is 0 Å². The number of benzene rings is 1. The second-order valence-corrected chi connectivity index (χ2v) is 4.77. The summed E-state index contributed by atoms with van der Waals surface area (Å²) in [5, 5.41) is 3.39. The minimum absolute atomic E-state index is 0. The van der Waals surface area contributed by atoms with Crippen LogP contribution in [0, 0.1) is 5.92 Å². The quantitative estimate of drug-likeness (QED) is 0.871. The summed E-state index contributed by atoms with van der Waals surface area (Å²) >= 11 is 0. The lowest BCUT2D eigenvalue weighted by molar-refractivity contribution is 0.337. The molecule has 98 valence electrons. The molecule has 3 rings (SSSR count). The monoisotopic (exact) mass is 267 g/mol. The standard InChI is InChI=1S/C13H17N3O.ClH/c17-13-15-11-5-1-2-6-12(11)16(13)9-10-4-3-7-14-8-10;/h1-2,5-6,10,14H,3-4,7-9H2,(H,15,17);1H. The van der Waals surface area contributed by atoms with E-state index in [0.717, 1.165) is 30.7 Å². The highest BCUT2D eigenvalue weighted by Gasteiger charge is 2.16. The Kier molecular flexibility index (Phi) is 4.09. The van der Waals surface area contributed by atoms with Crippen LogP contribution in [0.4, 0.5) is 0 Å². The van der Waals surface area contributed by atoms with Gasteiger partial charge in [0.2, 0.25) is 0 Å². The number of para-hydroxylation sites is 2. The highest BCUT2D eigenvalue weighted by atomic mass is 35.5. The Morgan fingerprint density at radius 3 is 2.94 bits per heavy atom. The van der Waals surface area contributed by atoms with Gasteiger partial charge in [-0.25, -0.2) is 4.79 Å². The molecule has 0 saturated carbocycles. The Balaban J connectivity index is 0.00000120. The Bertz CT molecular complexity index is 569. The van der Waals surface area contributed by atoms with Crippen LogP contribution in [0.15, 0.2) is 29.1 Å². The lowest BCUT2D eigenvalue weighted by atomic mass is 10.00. The molecule has 1 aliphatic heterocycles. The first-order valence-electron chi connectivity index (χ1n) is 6.23. The highest BCUT2D eigenvalue weighted by Crippen LogP contribution is 2.15. The van der Waals surface area contributed by atoms with Crippen LogP contribution in [0.1, 0.15) is 12.8 Å². The molecule has 0 spiro atoms. The van der Waals surface area contributed by atoms with Gasteiger partial charge in [0, 0.05) is 6.54 Å². The van der Waals surface area contributed by atoms with Crippen molar-refractivity contribution in [2.45, 2.75) is 19.4 Å². The summed E-state index contributed by atoms with van der Waals surface area (Å²) in [7, 11) is 0. The van der Waals surface area contributed by atoms with E-state index >= 15 is 0 Å². The number of hydrogen-bond acceptors (Lipinski definition) is 2. The SMILES string of the molecule is Cl.O=c1[nH]c2ccccc2n1CC1CCCNC1. The number of H-pyrrole nitrogens is 1. The van der Waals surface area contributed by atoms with Crippen LogP contribution < -0.4 is 11.0 Å². The lowest BCUT2D eigenvalue weighted by Gasteiger charge is -2.22. The first kappa shape index (κ1) is 13.2. The molecule has 1 unspecified atom stereocenters. The molecule has 0 radical (unpaired) electrons. The van der Waals surface area contributed by atoms with Crippen LogP contribution in [0.5, 0.6) is 0 Å². The van der Waals surface area contributed by atoms with E-state index in [9.17, 15) is 4.79 Å². The lowest BCUT2D eigenvalue weighted by Crippen LogP contribution is -2.34. The second kappa shape index (κ2) is 5.59. The average molecular weight is 268 g/mol. The van der Waals surface area contributed by atoms with Crippen LogP contribution >= 0.6 is 12.4 Å². The molecule has 0 bridgehead atoms. The molecule has 1 fully saturated rings. The van der Waals surface area contributed by atoms with Crippen molar-refractivity contribution < 1.29 is 0 Å². The number of aromatic nitrogens is 2. The molecule has 0 aliphatic carbocycles. The minimum atomic E-state index is 0. The summed E-state index contributed by atoms with van der Waals surface area (Å²) < 4.78 is 1.87. The zero-order valence-electron chi connectivity index (χ0n) is 10.2. The smallest absolute Gasteiger partial charge is 0.316 e. The third kappa shape index (κ3) is 2.44. The van der Waals surface area contributed by atoms with Gasteiger partial charge < -0.3 is 10.3 Å². The predicted octanol–water partition coefficient (Wildman–Crippen LogP) is 1.75. The zero-order chi connectivity index (χ0) is 11.7. The third-order valence-corrected chi connectivity index (χ3v) is 3.52. The molecular weight excluding hydrogens is 250 g/mol. The molecule has 1 atom stereocenters. The number of fused-ring (bicyclic) bond motifs is 1. The van der Waals surface area contributed by atoms with Gasteiger partial charge in [-0.05, 0) is 44.0 Å². The summed E-state index contributed by atoms with van der Waals surface area (Å²) in [6, 6.07) is 7.88. The van der Waals surface area contributed by atoms with Crippen molar-refractivity contribution in [2.75, 3.05) is 13.1 Å². The predicted molar refractivity (Wildman–Crippen MR) is 75.4 cm³/mol. The number of aromatic amines is 1. The van der Waals surface area contributed by atoms with E-state index in [-0.39, 0.29) is 18.1 Å². The molecule has 2 N–H and O–H groups in total. The third-order valence-electron chi connectivity index (χ3n) is 3.52. The average Bonchev–Trinajstić information content (AvgIpc) is 2.68. The van der Waals surface area contributed by atoms with E-state index < -0.39 is 0 Å². The number of halogens is 1. The summed E-state index contributed by atoms with van der Waals surface area (Å²) in [5.74, 6) is 0.570. The van der Waals surface area contributed by atoms with Crippen LogP contribution in [0.2, 0.25) is 0 Å². The summed E-state index contributed by atoms with van der Waals surface area (Å²) in [4.78, 5) is 14.8. The summed E-state index contributed by atoms with van der Waals surface area (Å²) in [5.41, 5.74) is 1.96. The van der Waals surface area contributed by atoms with Gasteiger partial charge in [-0.2, -0.15) is 0 Å². The molecule has 0 amide bonds. The van der Waals surface area contributed by atoms with Crippen molar-refractivity contribution in [1.29, 1.82) is 0 Å². The molecule has 18 heavy (non-hydrogen) atoms. The molecule has 1 aromatic carbocycles. The van der Waals surface area contributed by atoms with Crippen LogP contribution in [0.3, 0.4) is 0 Å². The largest absolute Gasteiger partial charge is 0.326 e. The maximum Gasteiger partial charge on any atom is 0.326 e. The molecule has 2 heterocycles. The Morgan fingerprint density at radius 1 is 1.33 bits per heavy atom. The van der Waals surface area contributed by atoms with Crippen LogP contribution in [-0.4, -0.2) is 22.6 Å². The van der Waals surface area contributed by atoms with Crippen LogP contribution in [-0.2, 0) is 6.54 Å². The van der Waals surface area contributed by atoms with Gasteiger partial charge in [-0.1, -0.05) is 12.1 Å². The summed E-state index contributed by atoms with van der Waals surface area (Å²) in [6.45, 7) is 2.95. The maximum absolute atomic E-state index is 11.9. The molecule has 1 aromatic heterocycles. The van der Waals surface area contributed by atoms with Crippen LogP contribution in [0.25, 0.3) is 11.0 Å². The van der Waals surface area contributed by atoms with E-state index in [0.29, 0.717) is 5.92 Å². The maximum atomic E-state index is 11.9. The number of hydrogen-bond donors (Lipinski definition) is 2. The van der Waals surface area contributed by atoms with Crippen molar-refractivity contribution in [1.82, 2.24) is 14.9 Å². The topological polar surface area (TPSA) is 49.8 Å². The van der Waals surface area contributed by atoms with E-state index in [2.05, 4.69) is 10.3 Å². The van der Waals surface area contributed by atoms with Crippen molar-refractivity contribution >= 4 is 23.4 Å². The first-order chi connectivity index (χ1) is 8.34. The number of nitrogens with zero attached hydrogens (tertiary/aromatic N) is 1. The van der Waals surface area contributed by atoms with Crippen molar-refractivity contribution in [3.63, 3.8) is 0 Å². The van der Waals surface area contributed by atoms with Crippen molar-refractivity contribution in [3.8, 4) is 0 Å². The molecule has 1 aliphatic rings. The molecular formula is C13H18ClN3O. The van der Waals surface area contributed by atoms with Gasteiger partial charge in [-0.15, -0.1) is 12.4 Å². The van der Waals surface area contributed by atoms with E-state index in [1.54, 1.807) is 0 Å². The Labute approximate surface area is 112 Å². The Hall–Kier alpha value is -1.26. The first-order valence-corrected chi connectivity index (χ1v) is 6.23. The fraction of sp³-hybridized carbons (Fsp3) is 0.462. The van der Waals surface area contributed by atoms with Gasteiger partial charge >= 0.3 is 5.69 Å². The van der Waals surface area contributed by atoms with Gasteiger partial charge in [0.05, 0.1) is 11.0 Å². The number of imidazole rings is 1. The highest BCUT2D eigenvalue weighted by molar-refractivity contribution is 5.85. The second-order valence-electron chi connectivity index (χ2n) is 4.77. The van der Waals surface area contributed by atoms with E-state index in [1.165, 1.54) is 12.8 Å². The molecule has 4 nitrogen and oxygen atoms in total. The van der Waals surface area contributed by atoms with Crippen molar-refractivity contribution in [3.05, 3.63) is 34.7 Å². The van der Waals surface area contributed by atoms with Gasteiger partial charge in [0.25, 0.3) is 0 Å². The normalized spacial score (nSPS) is 19.7. The van der Waals surface area contributed by atoms with Gasteiger partial charge in [0.15, 0.2) is 0 Å². The fourth-order valence-electron chi connectivity index (χ4n) is 2.63. The van der Waals surface area contributed by atoms with Crippen molar-refractivity contribution in [2.24, 2.45) is 5.92 Å².